The van der Waals surface area contributed by atoms with Crippen LogP contribution in [0.25, 0.3) is 0 Å². The van der Waals surface area contributed by atoms with E-state index in [1.165, 1.54) is 18.2 Å². The third kappa shape index (κ3) is 3.58. The van der Waals surface area contributed by atoms with Gasteiger partial charge in [-0.05, 0) is 35.4 Å². The van der Waals surface area contributed by atoms with E-state index in [4.69, 9.17) is 17.4 Å². The lowest BCUT2D eigenvalue weighted by molar-refractivity contribution is -0.138. The van der Waals surface area contributed by atoms with Gasteiger partial charge >= 0.3 is 6.18 Å². The molecular weight excluding hydrogens is 369 g/mol. The van der Waals surface area contributed by atoms with E-state index in [-0.39, 0.29) is 5.56 Å². The van der Waals surface area contributed by atoms with Gasteiger partial charge in [-0.1, -0.05) is 45.7 Å². The molecule has 0 aliphatic heterocycles. The zero-order valence-electron chi connectivity index (χ0n) is 10.6. The van der Waals surface area contributed by atoms with Crippen LogP contribution in [0.15, 0.2) is 46.9 Å². The van der Waals surface area contributed by atoms with Gasteiger partial charge in [0.1, 0.15) is 0 Å². The van der Waals surface area contributed by atoms with Crippen LogP contribution < -0.4 is 11.3 Å². The van der Waals surface area contributed by atoms with Gasteiger partial charge in [0.25, 0.3) is 0 Å². The number of nitrogens with one attached hydrogen (secondary N) is 1. The molecule has 2 aromatic carbocycles. The molecule has 0 bridgehead atoms. The SMILES string of the molecule is NNC(c1cc(Cl)ccc1Br)c1ccccc1C(F)(F)F. The summed E-state index contributed by atoms with van der Waals surface area (Å²) in [5.41, 5.74) is 2.26. The zero-order valence-corrected chi connectivity index (χ0v) is 12.9. The fraction of sp³-hybridized carbons (Fsp3) is 0.143. The van der Waals surface area contributed by atoms with E-state index < -0.39 is 17.8 Å². The molecule has 0 aromatic heterocycles. The van der Waals surface area contributed by atoms with Crippen molar-refractivity contribution in [3.63, 3.8) is 0 Å². The molecule has 3 N–H and O–H groups in total. The fourth-order valence-electron chi connectivity index (χ4n) is 2.09. The van der Waals surface area contributed by atoms with Gasteiger partial charge in [0.05, 0.1) is 11.6 Å². The summed E-state index contributed by atoms with van der Waals surface area (Å²) < 4.78 is 40.0. The number of benzene rings is 2. The Morgan fingerprint density at radius 1 is 1.10 bits per heavy atom. The van der Waals surface area contributed by atoms with E-state index in [1.54, 1.807) is 18.2 Å². The first kappa shape index (κ1) is 16.3. The monoisotopic (exact) mass is 378 g/mol. The molecule has 2 rings (SSSR count). The Balaban J connectivity index is 2.60. The summed E-state index contributed by atoms with van der Waals surface area (Å²) in [6, 6.07) is 9.33. The third-order valence-corrected chi connectivity index (χ3v) is 3.97. The van der Waals surface area contributed by atoms with Crippen molar-refractivity contribution in [1.29, 1.82) is 0 Å². The van der Waals surface area contributed by atoms with Gasteiger partial charge in [-0.2, -0.15) is 13.2 Å². The molecule has 0 aliphatic carbocycles. The molecule has 0 heterocycles. The first-order valence-corrected chi connectivity index (χ1v) is 7.09. The minimum atomic E-state index is -4.46. The average molecular weight is 380 g/mol. The Morgan fingerprint density at radius 2 is 1.76 bits per heavy atom. The normalized spacial score (nSPS) is 13.2. The van der Waals surface area contributed by atoms with Gasteiger partial charge < -0.3 is 0 Å². The van der Waals surface area contributed by atoms with Gasteiger partial charge in [0, 0.05) is 9.50 Å². The Bertz CT molecular complexity index is 646. The maximum absolute atomic E-state index is 13.1. The second-order valence-corrected chi connectivity index (χ2v) is 5.64. The summed E-state index contributed by atoms with van der Waals surface area (Å²) in [4.78, 5) is 0. The van der Waals surface area contributed by atoms with Crippen molar-refractivity contribution < 1.29 is 13.2 Å². The lowest BCUT2D eigenvalue weighted by Crippen LogP contribution is -2.31. The predicted octanol–water partition coefficient (Wildman–Crippen LogP) is 4.67. The Morgan fingerprint density at radius 3 is 2.38 bits per heavy atom. The molecule has 0 radical (unpaired) electrons. The quantitative estimate of drug-likeness (QED) is 0.600. The summed E-state index contributed by atoms with van der Waals surface area (Å²) in [7, 11) is 0. The number of nitrogens with two attached hydrogens (primary N) is 1. The molecule has 7 heteroatoms. The molecule has 0 amide bonds. The van der Waals surface area contributed by atoms with Crippen molar-refractivity contribution in [2.75, 3.05) is 0 Å². The second kappa shape index (κ2) is 6.36. The van der Waals surface area contributed by atoms with E-state index in [1.807, 2.05) is 0 Å². The van der Waals surface area contributed by atoms with Gasteiger partial charge in [0.15, 0.2) is 0 Å². The molecule has 21 heavy (non-hydrogen) atoms. The van der Waals surface area contributed by atoms with Crippen LogP contribution in [-0.2, 0) is 6.18 Å². The fourth-order valence-corrected chi connectivity index (χ4v) is 2.75. The first-order chi connectivity index (χ1) is 9.84. The summed E-state index contributed by atoms with van der Waals surface area (Å²) in [6.07, 6.45) is -4.46. The highest BCUT2D eigenvalue weighted by Gasteiger charge is 2.35. The number of hydrogen-bond donors (Lipinski definition) is 2. The van der Waals surface area contributed by atoms with Crippen LogP contribution in [-0.4, -0.2) is 0 Å². The minimum absolute atomic E-state index is 0.0375. The van der Waals surface area contributed by atoms with Crippen LogP contribution in [0.3, 0.4) is 0 Å². The van der Waals surface area contributed by atoms with Crippen LogP contribution in [0.4, 0.5) is 13.2 Å². The molecule has 0 fully saturated rings. The molecule has 0 spiro atoms. The van der Waals surface area contributed by atoms with Crippen molar-refractivity contribution in [2.24, 2.45) is 5.84 Å². The smallest absolute Gasteiger partial charge is 0.271 e. The second-order valence-electron chi connectivity index (χ2n) is 4.35. The summed E-state index contributed by atoms with van der Waals surface area (Å²) in [5, 5.41) is 0.415. The highest BCUT2D eigenvalue weighted by molar-refractivity contribution is 9.10. The van der Waals surface area contributed by atoms with Crippen molar-refractivity contribution in [1.82, 2.24) is 5.43 Å². The van der Waals surface area contributed by atoms with Crippen LogP contribution in [0.1, 0.15) is 22.7 Å². The summed E-state index contributed by atoms with van der Waals surface area (Å²) >= 11 is 9.23. The van der Waals surface area contributed by atoms with E-state index in [0.29, 0.717) is 15.1 Å². The highest BCUT2D eigenvalue weighted by atomic mass is 79.9. The lowest BCUT2D eigenvalue weighted by atomic mass is 9.94. The van der Waals surface area contributed by atoms with Crippen molar-refractivity contribution >= 4 is 27.5 Å². The number of hydrogen-bond acceptors (Lipinski definition) is 2. The average Bonchev–Trinajstić information content (AvgIpc) is 2.43. The zero-order chi connectivity index (χ0) is 15.6. The number of hydrazine groups is 1. The topological polar surface area (TPSA) is 38.0 Å². The Hall–Kier alpha value is -1.08. The van der Waals surface area contributed by atoms with Gasteiger partial charge in [0.2, 0.25) is 0 Å². The Kier molecular flexibility index (Phi) is 4.93. The number of alkyl halides is 3. The molecule has 112 valence electrons. The van der Waals surface area contributed by atoms with E-state index >= 15 is 0 Å². The van der Waals surface area contributed by atoms with Crippen LogP contribution in [0.5, 0.6) is 0 Å². The van der Waals surface area contributed by atoms with Crippen LogP contribution >= 0.6 is 27.5 Å². The third-order valence-electron chi connectivity index (χ3n) is 3.01. The number of halogens is 5. The Labute approximate surface area is 133 Å². The van der Waals surface area contributed by atoms with E-state index in [2.05, 4.69) is 21.4 Å². The van der Waals surface area contributed by atoms with Crippen molar-refractivity contribution in [2.45, 2.75) is 12.2 Å². The molecule has 0 aliphatic rings. The van der Waals surface area contributed by atoms with Gasteiger partial charge in [-0.25, -0.2) is 5.43 Å². The molecule has 0 saturated carbocycles. The molecule has 2 nitrogen and oxygen atoms in total. The molecular formula is C14H11BrClF3N2. The van der Waals surface area contributed by atoms with Crippen molar-refractivity contribution in [3.8, 4) is 0 Å². The van der Waals surface area contributed by atoms with Crippen molar-refractivity contribution in [3.05, 3.63) is 68.7 Å². The summed E-state index contributed by atoms with van der Waals surface area (Å²) in [6.45, 7) is 0. The standard InChI is InChI=1S/C14H11BrClF3N2/c15-12-6-5-8(16)7-10(12)13(21-20)9-3-1-2-4-11(9)14(17,18)19/h1-7,13,21H,20H2. The minimum Gasteiger partial charge on any atom is -0.271 e. The van der Waals surface area contributed by atoms with Crippen LogP contribution in [0, 0.1) is 0 Å². The van der Waals surface area contributed by atoms with E-state index in [0.717, 1.165) is 6.07 Å². The molecule has 0 saturated heterocycles. The largest absolute Gasteiger partial charge is 0.416 e. The molecule has 2 aromatic rings. The summed E-state index contributed by atoms with van der Waals surface area (Å²) in [5.74, 6) is 5.49. The molecule has 1 atom stereocenters. The lowest BCUT2D eigenvalue weighted by Gasteiger charge is -2.22. The molecule has 1 unspecified atom stereocenters. The number of rotatable bonds is 3. The van der Waals surface area contributed by atoms with Gasteiger partial charge in [-0.15, -0.1) is 0 Å². The van der Waals surface area contributed by atoms with Crippen LogP contribution in [0.2, 0.25) is 5.02 Å². The van der Waals surface area contributed by atoms with Gasteiger partial charge in [-0.3, -0.25) is 5.84 Å². The predicted molar refractivity (Wildman–Crippen MR) is 79.8 cm³/mol. The highest BCUT2D eigenvalue weighted by Crippen LogP contribution is 2.38. The first-order valence-electron chi connectivity index (χ1n) is 5.91. The van der Waals surface area contributed by atoms with E-state index in [9.17, 15) is 13.2 Å². The maximum Gasteiger partial charge on any atom is 0.416 e. The maximum atomic E-state index is 13.1.